The molecule has 0 aliphatic carbocycles. The third-order valence-corrected chi connectivity index (χ3v) is 4.88. The molecule has 0 spiro atoms. The summed E-state index contributed by atoms with van der Waals surface area (Å²) in [6.07, 6.45) is 0.752. The van der Waals surface area contributed by atoms with E-state index in [9.17, 15) is 4.79 Å². The van der Waals surface area contributed by atoms with E-state index >= 15 is 0 Å². The van der Waals surface area contributed by atoms with Crippen LogP contribution in [0.1, 0.15) is 15.9 Å². The van der Waals surface area contributed by atoms with Crippen molar-refractivity contribution in [1.29, 1.82) is 0 Å². The maximum atomic E-state index is 12.0. The highest BCUT2D eigenvalue weighted by atomic mass is 16.5. The molecule has 0 atom stereocenters. The van der Waals surface area contributed by atoms with Gasteiger partial charge in [-0.3, -0.25) is 4.79 Å². The van der Waals surface area contributed by atoms with Crippen molar-refractivity contribution in [3.63, 3.8) is 0 Å². The van der Waals surface area contributed by atoms with Crippen molar-refractivity contribution in [3.8, 4) is 40.4 Å². The van der Waals surface area contributed by atoms with Gasteiger partial charge in [-0.15, -0.1) is 0 Å². The second-order valence-electron chi connectivity index (χ2n) is 6.97. The highest BCUT2D eigenvalue weighted by Gasteiger charge is 2.14. The zero-order chi connectivity index (χ0) is 23.0. The van der Waals surface area contributed by atoms with E-state index in [4.69, 9.17) is 18.9 Å². The Morgan fingerprint density at radius 1 is 0.818 bits per heavy atom. The van der Waals surface area contributed by atoms with E-state index in [-0.39, 0.29) is 17.8 Å². The first-order valence-electron chi connectivity index (χ1n) is 10.2. The average molecular weight is 442 g/mol. The van der Waals surface area contributed by atoms with Crippen molar-refractivity contribution in [1.82, 2.24) is 9.97 Å². The number of aromatic nitrogens is 2. The van der Waals surface area contributed by atoms with E-state index in [1.807, 2.05) is 60.7 Å². The van der Waals surface area contributed by atoms with E-state index in [1.54, 1.807) is 12.1 Å². The number of methoxy groups -OCH3 is 2. The number of aldehydes is 1. The Hall–Kier alpha value is -4.39. The average Bonchev–Trinajstić information content (AvgIpc) is 2.88. The molecular weight excluding hydrogens is 420 g/mol. The van der Waals surface area contributed by atoms with Crippen molar-refractivity contribution in [2.24, 2.45) is 0 Å². The minimum absolute atomic E-state index is 0.0103. The molecule has 3 aromatic carbocycles. The van der Waals surface area contributed by atoms with E-state index < -0.39 is 0 Å². The number of rotatable bonds is 9. The lowest BCUT2D eigenvalue weighted by Gasteiger charge is -2.12. The number of carbonyl (C=O) groups excluding carboxylic acids is 1. The summed E-state index contributed by atoms with van der Waals surface area (Å²) in [5.74, 6) is 1.63. The predicted molar refractivity (Wildman–Crippen MR) is 123 cm³/mol. The zero-order valence-electron chi connectivity index (χ0n) is 18.2. The lowest BCUT2D eigenvalue weighted by molar-refractivity contribution is 0.112. The first kappa shape index (κ1) is 21.8. The summed E-state index contributed by atoms with van der Waals surface area (Å²) in [4.78, 5) is 20.3. The second-order valence-corrected chi connectivity index (χ2v) is 6.97. The van der Waals surface area contributed by atoms with Gasteiger partial charge in [-0.1, -0.05) is 54.6 Å². The molecule has 7 heteroatoms. The van der Waals surface area contributed by atoms with Crippen LogP contribution in [0.25, 0.3) is 11.1 Å². The molecule has 33 heavy (non-hydrogen) atoms. The summed E-state index contributed by atoms with van der Waals surface area (Å²) in [6, 6.07) is 24.4. The summed E-state index contributed by atoms with van der Waals surface area (Å²) in [6.45, 7) is 0.479. The molecule has 0 radical (unpaired) electrons. The summed E-state index contributed by atoms with van der Waals surface area (Å²) in [7, 11) is 2.96. The zero-order valence-corrected chi connectivity index (χ0v) is 18.2. The van der Waals surface area contributed by atoms with Gasteiger partial charge in [-0.25, -0.2) is 0 Å². The predicted octanol–water partition coefficient (Wildman–Crippen LogP) is 5.34. The Labute approximate surface area is 191 Å². The standard InChI is InChI=1S/C26H22N2O5/c1-30-24-15-25(31-2)28-26(27-24)33-23-10-6-9-21(22(23)16-29)19-11-13-20(14-12-19)32-17-18-7-4-3-5-8-18/h3-16H,17H2,1-2H3. The van der Waals surface area contributed by atoms with Crippen molar-refractivity contribution in [3.05, 3.63) is 90.0 Å². The molecule has 0 unspecified atom stereocenters. The Balaban J connectivity index is 1.57. The van der Waals surface area contributed by atoms with Crippen LogP contribution in [0.2, 0.25) is 0 Å². The van der Waals surface area contributed by atoms with Gasteiger partial charge in [0.1, 0.15) is 18.1 Å². The van der Waals surface area contributed by atoms with Crippen molar-refractivity contribution >= 4 is 6.29 Å². The first-order chi connectivity index (χ1) is 16.2. The van der Waals surface area contributed by atoms with Crippen LogP contribution in [0.15, 0.2) is 78.9 Å². The van der Waals surface area contributed by atoms with Crippen molar-refractivity contribution < 1.29 is 23.7 Å². The molecule has 7 nitrogen and oxygen atoms in total. The lowest BCUT2D eigenvalue weighted by Crippen LogP contribution is -2.00. The number of carbonyl (C=O) groups is 1. The number of nitrogens with zero attached hydrogens (tertiary/aromatic N) is 2. The summed E-state index contributed by atoms with van der Waals surface area (Å²) < 4.78 is 22.0. The van der Waals surface area contributed by atoms with Crippen LogP contribution in [-0.2, 0) is 6.61 Å². The van der Waals surface area contributed by atoms with E-state index in [1.165, 1.54) is 20.3 Å². The van der Waals surface area contributed by atoms with Gasteiger partial charge in [0.25, 0.3) is 0 Å². The second kappa shape index (κ2) is 10.3. The van der Waals surface area contributed by atoms with Crippen LogP contribution in [-0.4, -0.2) is 30.5 Å². The third kappa shape index (κ3) is 5.27. The van der Waals surface area contributed by atoms with Gasteiger partial charge in [-0.2, -0.15) is 9.97 Å². The monoisotopic (exact) mass is 442 g/mol. The number of hydrogen-bond acceptors (Lipinski definition) is 7. The Morgan fingerprint density at radius 2 is 1.52 bits per heavy atom. The van der Waals surface area contributed by atoms with Crippen molar-refractivity contribution in [2.45, 2.75) is 6.61 Å². The molecular formula is C26H22N2O5. The van der Waals surface area contributed by atoms with Gasteiger partial charge in [0.2, 0.25) is 11.8 Å². The van der Waals surface area contributed by atoms with Gasteiger partial charge in [0.05, 0.1) is 25.8 Å². The highest BCUT2D eigenvalue weighted by molar-refractivity contribution is 5.91. The molecule has 0 N–H and O–H groups in total. The van der Waals surface area contributed by atoms with Crippen LogP contribution < -0.4 is 18.9 Å². The van der Waals surface area contributed by atoms with E-state index in [2.05, 4.69) is 9.97 Å². The molecule has 0 fully saturated rings. The molecule has 0 bridgehead atoms. The molecule has 0 amide bonds. The minimum atomic E-state index is 0.0103. The maximum Gasteiger partial charge on any atom is 0.328 e. The first-order valence-corrected chi connectivity index (χ1v) is 10.2. The van der Waals surface area contributed by atoms with Gasteiger partial charge in [0.15, 0.2) is 6.29 Å². The van der Waals surface area contributed by atoms with Crippen LogP contribution >= 0.6 is 0 Å². The fourth-order valence-electron chi connectivity index (χ4n) is 3.21. The topological polar surface area (TPSA) is 79.8 Å². The molecule has 166 valence electrons. The molecule has 4 aromatic rings. The normalized spacial score (nSPS) is 10.4. The van der Waals surface area contributed by atoms with Gasteiger partial charge >= 0.3 is 6.01 Å². The Bertz CT molecular complexity index is 1210. The maximum absolute atomic E-state index is 12.0. The number of hydrogen-bond donors (Lipinski definition) is 0. The smallest absolute Gasteiger partial charge is 0.328 e. The summed E-state index contributed by atoms with van der Waals surface area (Å²) in [5.41, 5.74) is 3.03. The summed E-state index contributed by atoms with van der Waals surface area (Å²) in [5, 5.41) is 0. The molecule has 1 aromatic heterocycles. The van der Waals surface area contributed by atoms with Gasteiger partial charge in [-0.05, 0) is 34.9 Å². The van der Waals surface area contributed by atoms with Crippen LogP contribution in [0, 0.1) is 0 Å². The van der Waals surface area contributed by atoms with Crippen LogP contribution in [0.5, 0.6) is 29.3 Å². The molecule has 0 saturated heterocycles. The van der Waals surface area contributed by atoms with Crippen LogP contribution in [0.4, 0.5) is 0 Å². The SMILES string of the molecule is COc1cc(OC)nc(Oc2cccc(-c3ccc(OCc4ccccc4)cc3)c2C=O)n1. The quantitative estimate of drug-likeness (QED) is 0.324. The number of ether oxygens (including phenoxy) is 4. The van der Waals surface area contributed by atoms with E-state index in [0.717, 1.165) is 23.2 Å². The van der Waals surface area contributed by atoms with E-state index in [0.29, 0.717) is 23.5 Å². The Kier molecular flexibility index (Phi) is 6.80. The largest absolute Gasteiger partial charge is 0.489 e. The van der Waals surface area contributed by atoms with Crippen molar-refractivity contribution in [2.75, 3.05) is 14.2 Å². The molecule has 4 rings (SSSR count). The third-order valence-electron chi connectivity index (χ3n) is 4.88. The minimum Gasteiger partial charge on any atom is -0.489 e. The molecule has 0 aliphatic heterocycles. The highest BCUT2D eigenvalue weighted by Crippen LogP contribution is 2.33. The van der Waals surface area contributed by atoms with Gasteiger partial charge < -0.3 is 18.9 Å². The van der Waals surface area contributed by atoms with Gasteiger partial charge in [0, 0.05) is 0 Å². The lowest BCUT2D eigenvalue weighted by atomic mass is 9.99. The fraction of sp³-hybridized carbons (Fsp3) is 0.115. The Morgan fingerprint density at radius 3 is 2.15 bits per heavy atom. The molecule has 1 heterocycles. The van der Waals surface area contributed by atoms with Crippen LogP contribution in [0.3, 0.4) is 0 Å². The summed E-state index contributed by atoms with van der Waals surface area (Å²) >= 11 is 0. The molecule has 0 saturated carbocycles. The number of benzene rings is 3. The molecule has 0 aliphatic rings. The fourth-order valence-corrected chi connectivity index (χ4v) is 3.21.